The monoisotopic (exact) mass is 300 g/mol. The Kier molecular flexibility index (Phi) is 4.40. The fourth-order valence-corrected chi connectivity index (χ4v) is 2.03. The first-order valence-electron chi connectivity index (χ1n) is 6.32. The molecule has 1 aromatic rings. The van der Waals surface area contributed by atoms with Crippen molar-refractivity contribution in [3.63, 3.8) is 0 Å². The molecule has 0 spiro atoms. The lowest BCUT2D eigenvalue weighted by molar-refractivity contribution is -0.123. The first-order chi connectivity index (χ1) is 9.89. The van der Waals surface area contributed by atoms with E-state index in [-0.39, 0.29) is 13.1 Å². The van der Waals surface area contributed by atoms with Gasteiger partial charge in [-0.15, -0.1) is 0 Å². The summed E-state index contributed by atoms with van der Waals surface area (Å²) in [7, 11) is 1.55. The van der Waals surface area contributed by atoms with Crippen LogP contribution in [0.4, 0.5) is 18.0 Å². The normalized spacial score (nSPS) is 14.9. The second-order valence-electron chi connectivity index (χ2n) is 4.62. The van der Waals surface area contributed by atoms with Gasteiger partial charge in [-0.1, -0.05) is 18.2 Å². The third-order valence-electron chi connectivity index (χ3n) is 3.09. The third-order valence-corrected chi connectivity index (χ3v) is 3.09. The lowest BCUT2D eigenvalue weighted by atomic mass is 10.1. The predicted octanol–water partition coefficient (Wildman–Crippen LogP) is 2.67. The quantitative estimate of drug-likeness (QED) is 0.932. The number of nitrogens with zero attached hydrogens (tertiary/aromatic N) is 1. The highest BCUT2D eigenvalue weighted by molar-refractivity contribution is 5.80. The minimum absolute atomic E-state index is 0.275. The van der Waals surface area contributed by atoms with Crippen LogP contribution in [0.25, 0.3) is 5.57 Å². The third kappa shape index (κ3) is 4.14. The number of nitrogens with one attached hydrogen (secondary N) is 1. The van der Waals surface area contributed by atoms with Crippen molar-refractivity contribution in [2.75, 3.05) is 26.7 Å². The van der Waals surface area contributed by atoms with Gasteiger partial charge in [0.2, 0.25) is 0 Å². The van der Waals surface area contributed by atoms with Crippen LogP contribution in [0.5, 0.6) is 5.75 Å². The molecule has 0 unspecified atom stereocenters. The van der Waals surface area contributed by atoms with Gasteiger partial charge >= 0.3 is 12.2 Å². The maximum Gasteiger partial charge on any atom is 0.405 e. The van der Waals surface area contributed by atoms with Crippen LogP contribution in [0.1, 0.15) is 5.56 Å². The fourth-order valence-electron chi connectivity index (χ4n) is 2.03. The largest absolute Gasteiger partial charge is 0.497 e. The van der Waals surface area contributed by atoms with Gasteiger partial charge in [0.25, 0.3) is 0 Å². The van der Waals surface area contributed by atoms with Crippen molar-refractivity contribution in [3.8, 4) is 5.75 Å². The average Bonchev–Trinajstić information content (AvgIpc) is 2.94. The van der Waals surface area contributed by atoms with Crippen molar-refractivity contribution in [1.29, 1.82) is 0 Å². The van der Waals surface area contributed by atoms with E-state index < -0.39 is 18.8 Å². The van der Waals surface area contributed by atoms with Gasteiger partial charge in [-0.25, -0.2) is 4.79 Å². The second-order valence-corrected chi connectivity index (χ2v) is 4.62. The van der Waals surface area contributed by atoms with Crippen molar-refractivity contribution in [1.82, 2.24) is 10.2 Å². The van der Waals surface area contributed by atoms with Gasteiger partial charge in [-0.05, 0) is 23.3 Å². The van der Waals surface area contributed by atoms with Gasteiger partial charge in [0.1, 0.15) is 12.3 Å². The van der Waals surface area contributed by atoms with E-state index in [4.69, 9.17) is 4.74 Å². The van der Waals surface area contributed by atoms with Crippen LogP contribution in [0.3, 0.4) is 0 Å². The Bertz CT molecular complexity index is 555. The molecule has 0 saturated carbocycles. The predicted molar refractivity (Wildman–Crippen MR) is 72.0 cm³/mol. The number of rotatable bonds is 3. The molecule has 1 aliphatic rings. The fraction of sp³-hybridized carbons (Fsp3) is 0.357. The van der Waals surface area contributed by atoms with Gasteiger partial charge in [-0.2, -0.15) is 13.2 Å². The van der Waals surface area contributed by atoms with Crippen molar-refractivity contribution < 1.29 is 22.7 Å². The highest BCUT2D eigenvalue weighted by Gasteiger charge is 2.29. The van der Waals surface area contributed by atoms with Crippen molar-refractivity contribution in [3.05, 3.63) is 35.9 Å². The summed E-state index contributed by atoms with van der Waals surface area (Å²) in [5, 5.41) is 1.86. The molecular weight excluding hydrogens is 285 g/mol. The van der Waals surface area contributed by atoms with Gasteiger partial charge in [-0.3, -0.25) is 0 Å². The van der Waals surface area contributed by atoms with Crippen LogP contribution < -0.4 is 10.1 Å². The Morgan fingerprint density at radius 2 is 2.19 bits per heavy atom. The molecule has 7 heteroatoms. The first kappa shape index (κ1) is 15.2. The number of amides is 2. The number of carbonyl (C=O) groups excluding carboxylic acids is 1. The van der Waals surface area contributed by atoms with Crippen LogP contribution in [0.2, 0.25) is 0 Å². The number of hydrogen-bond donors (Lipinski definition) is 1. The van der Waals surface area contributed by atoms with E-state index in [1.165, 1.54) is 4.90 Å². The Morgan fingerprint density at radius 3 is 2.86 bits per heavy atom. The lowest BCUT2D eigenvalue weighted by Crippen LogP contribution is -2.42. The smallest absolute Gasteiger partial charge is 0.405 e. The molecule has 114 valence electrons. The molecule has 1 N–H and O–H groups in total. The van der Waals surface area contributed by atoms with Crippen LogP contribution in [-0.4, -0.2) is 43.9 Å². The van der Waals surface area contributed by atoms with Gasteiger partial charge < -0.3 is 15.0 Å². The molecule has 1 aliphatic heterocycles. The number of carbonyl (C=O) groups is 1. The van der Waals surface area contributed by atoms with Crippen molar-refractivity contribution >= 4 is 11.6 Å². The van der Waals surface area contributed by atoms with Crippen LogP contribution in [0.15, 0.2) is 30.3 Å². The Hall–Kier alpha value is -2.18. The Labute approximate surface area is 120 Å². The molecule has 0 aromatic heterocycles. The topological polar surface area (TPSA) is 41.6 Å². The first-order valence-corrected chi connectivity index (χ1v) is 6.32. The molecule has 0 radical (unpaired) electrons. The van der Waals surface area contributed by atoms with E-state index in [2.05, 4.69) is 0 Å². The maximum absolute atomic E-state index is 12.1. The average molecular weight is 300 g/mol. The lowest BCUT2D eigenvalue weighted by Gasteiger charge is -2.18. The van der Waals surface area contributed by atoms with E-state index in [9.17, 15) is 18.0 Å². The highest BCUT2D eigenvalue weighted by Crippen LogP contribution is 2.24. The van der Waals surface area contributed by atoms with Gasteiger partial charge in [0.15, 0.2) is 0 Å². The molecule has 0 fully saturated rings. The van der Waals surface area contributed by atoms with Crippen LogP contribution in [-0.2, 0) is 0 Å². The number of benzene rings is 1. The molecule has 0 bridgehead atoms. The molecule has 2 amide bonds. The van der Waals surface area contributed by atoms with Gasteiger partial charge in [0.05, 0.1) is 7.11 Å². The summed E-state index contributed by atoms with van der Waals surface area (Å²) in [6, 6.07) is 6.59. The van der Waals surface area contributed by atoms with E-state index in [1.54, 1.807) is 13.2 Å². The number of halogens is 3. The van der Waals surface area contributed by atoms with Crippen LogP contribution in [0, 0.1) is 0 Å². The number of ether oxygens (including phenoxy) is 1. The summed E-state index contributed by atoms with van der Waals surface area (Å²) in [6.45, 7) is -0.760. The molecule has 0 aliphatic carbocycles. The molecule has 2 rings (SSSR count). The number of hydrogen-bond acceptors (Lipinski definition) is 2. The summed E-state index contributed by atoms with van der Waals surface area (Å²) in [6.07, 6.45) is -2.58. The SMILES string of the molecule is COc1cccc(C2=CCN(C(=O)NCC(F)(F)F)C2)c1. The maximum atomic E-state index is 12.1. The highest BCUT2D eigenvalue weighted by atomic mass is 19.4. The minimum atomic E-state index is -4.40. The summed E-state index contributed by atoms with van der Waals surface area (Å²) in [5.74, 6) is 0.688. The van der Waals surface area contributed by atoms with E-state index >= 15 is 0 Å². The summed E-state index contributed by atoms with van der Waals surface area (Å²) < 4.78 is 41.3. The minimum Gasteiger partial charge on any atom is -0.497 e. The van der Waals surface area contributed by atoms with E-state index in [0.29, 0.717) is 5.75 Å². The molecule has 1 aromatic carbocycles. The Morgan fingerprint density at radius 1 is 1.43 bits per heavy atom. The molecular formula is C14H15F3N2O2. The Balaban J connectivity index is 1.94. The zero-order valence-corrected chi connectivity index (χ0v) is 11.4. The number of urea groups is 1. The second kappa shape index (κ2) is 6.07. The van der Waals surface area contributed by atoms with Crippen LogP contribution >= 0.6 is 0 Å². The molecule has 0 atom stereocenters. The summed E-state index contributed by atoms with van der Waals surface area (Å²) in [4.78, 5) is 13.0. The summed E-state index contributed by atoms with van der Waals surface area (Å²) >= 11 is 0. The molecule has 1 heterocycles. The van der Waals surface area contributed by atoms with E-state index in [0.717, 1.165) is 11.1 Å². The molecule has 21 heavy (non-hydrogen) atoms. The number of alkyl halides is 3. The van der Waals surface area contributed by atoms with Crippen molar-refractivity contribution in [2.45, 2.75) is 6.18 Å². The molecule has 0 saturated heterocycles. The number of methoxy groups -OCH3 is 1. The standard InChI is InChI=1S/C14H15F3N2O2/c1-21-12-4-2-3-10(7-12)11-5-6-19(8-11)13(20)18-9-14(15,16)17/h2-5,7H,6,8-9H2,1H3,(H,18,20). The zero-order chi connectivity index (χ0) is 15.5. The van der Waals surface area contributed by atoms with Crippen molar-refractivity contribution in [2.24, 2.45) is 0 Å². The van der Waals surface area contributed by atoms with Gasteiger partial charge in [0, 0.05) is 13.1 Å². The summed E-state index contributed by atoms with van der Waals surface area (Å²) in [5.41, 5.74) is 1.77. The van der Waals surface area contributed by atoms with E-state index in [1.807, 2.05) is 29.6 Å². The zero-order valence-electron chi connectivity index (χ0n) is 11.4. The molecule has 4 nitrogen and oxygen atoms in total.